The molecule has 2 amide bonds. The van der Waals surface area contributed by atoms with Crippen molar-refractivity contribution >= 4 is 44.5 Å². The number of halogens is 1. The lowest BCUT2D eigenvalue weighted by molar-refractivity contribution is 0.255. The standard InChI is InChI=1S/C19H15BrN2O2/c20-16-8-2-1-5-13(16)11-12-21-19(24)22-17-9-3-7-15-14(17)6-4-10-18(15)23/h1-12,23H,(H2,21,22,24)/b12-11+. The van der Waals surface area contributed by atoms with E-state index in [4.69, 9.17) is 0 Å². The molecule has 0 aliphatic rings. The number of carbonyl (C=O) groups excluding carboxylic acids is 1. The normalized spacial score (nSPS) is 10.9. The minimum Gasteiger partial charge on any atom is -0.507 e. The lowest BCUT2D eigenvalue weighted by Crippen LogP contribution is -2.23. The van der Waals surface area contributed by atoms with Crippen LogP contribution in [0.15, 0.2) is 71.3 Å². The zero-order valence-corrected chi connectivity index (χ0v) is 14.2. The molecule has 0 heterocycles. The van der Waals surface area contributed by atoms with E-state index in [1.54, 1.807) is 42.6 Å². The van der Waals surface area contributed by atoms with Crippen LogP contribution in [-0.4, -0.2) is 11.1 Å². The van der Waals surface area contributed by atoms with Crippen LogP contribution in [-0.2, 0) is 0 Å². The molecule has 0 spiro atoms. The number of aromatic hydroxyl groups is 1. The number of phenols is 1. The lowest BCUT2D eigenvalue weighted by Gasteiger charge is -2.09. The number of urea groups is 1. The number of hydrogen-bond donors (Lipinski definition) is 3. The smallest absolute Gasteiger partial charge is 0.323 e. The number of rotatable bonds is 3. The molecule has 3 aromatic rings. The molecule has 5 heteroatoms. The predicted octanol–water partition coefficient (Wildman–Crippen LogP) is 5.10. The van der Waals surface area contributed by atoms with Gasteiger partial charge in [-0.1, -0.05) is 58.4 Å². The molecule has 120 valence electrons. The molecule has 3 rings (SSSR count). The fourth-order valence-electron chi connectivity index (χ4n) is 2.38. The highest BCUT2D eigenvalue weighted by Gasteiger charge is 2.06. The third-order valence-electron chi connectivity index (χ3n) is 3.53. The van der Waals surface area contributed by atoms with Crippen LogP contribution in [0.5, 0.6) is 5.75 Å². The third-order valence-corrected chi connectivity index (χ3v) is 4.25. The van der Waals surface area contributed by atoms with E-state index in [-0.39, 0.29) is 11.8 Å². The van der Waals surface area contributed by atoms with Crippen LogP contribution in [0.4, 0.5) is 10.5 Å². The van der Waals surface area contributed by atoms with Gasteiger partial charge in [0.05, 0.1) is 5.69 Å². The van der Waals surface area contributed by atoms with Gasteiger partial charge < -0.3 is 15.7 Å². The Kier molecular flexibility index (Phi) is 4.82. The van der Waals surface area contributed by atoms with E-state index < -0.39 is 0 Å². The second kappa shape index (κ2) is 7.19. The van der Waals surface area contributed by atoms with Crippen molar-refractivity contribution in [2.45, 2.75) is 0 Å². The molecule has 3 N–H and O–H groups in total. The summed E-state index contributed by atoms with van der Waals surface area (Å²) in [6.07, 6.45) is 3.39. The Morgan fingerprint density at radius 2 is 1.71 bits per heavy atom. The van der Waals surface area contributed by atoms with Crippen LogP contribution in [0.1, 0.15) is 5.56 Å². The van der Waals surface area contributed by atoms with Gasteiger partial charge in [-0.3, -0.25) is 0 Å². The molecule has 0 bridgehead atoms. The average molecular weight is 383 g/mol. The van der Waals surface area contributed by atoms with Crippen molar-refractivity contribution in [3.05, 3.63) is 76.9 Å². The first-order valence-corrected chi connectivity index (χ1v) is 8.14. The number of amides is 2. The van der Waals surface area contributed by atoms with E-state index in [0.29, 0.717) is 11.1 Å². The third kappa shape index (κ3) is 3.58. The second-order valence-corrected chi connectivity index (χ2v) is 5.99. The summed E-state index contributed by atoms with van der Waals surface area (Å²) in [7, 11) is 0. The molecule has 0 aromatic heterocycles. The van der Waals surface area contributed by atoms with E-state index in [0.717, 1.165) is 15.4 Å². The SMILES string of the molecule is O=C(N/C=C/c1ccccc1Br)Nc1cccc2c(O)cccc12. The Morgan fingerprint density at radius 1 is 0.958 bits per heavy atom. The zero-order chi connectivity index (χ0) is 16.9. The molecule has 0 saturated carbocycles. The highest BCUT2D eigenvalue weighted by Crippen LogP contribution is 2.29. The summed E-state index contributed by atoms with van der Waals surface area (Å²) in [6.45, 7) is 0. The molecule has 3 aromatic carbocycles. The maximum Gasteiger partial charge on any atom is 0.323 e. The maximum absolute atomic E-state index is 12.1. The van der Waals surface area contributed by atoms with Crippen LogP contribution in [0.25, 0.3) is 16.8 Å². The monoisotopic (exact) mass is 382 g/mol. The van der Waals surface area contributed by atoms with Gasteiger partial charge in [0.2, 0.25) is 0 Å². The number of benzene rings is 3. The first kappa shape index (κ1) is 16.1. The Labute approximate surface area is 147 Å². The molecule has 0 fully saturated rings. The summed E-state index contributed by atoms with van der Waals surface area (Å²) in [5.74, 6) is 0.186. The van der Waals surface area contributed by atoms with Crippen molar-refractivity contribution in [3.63, 3.8) is 0 Å². The molecular formula is C19H15BrN2O2. The first-order chi connectivity index (χ1) is 11.6. The van der Waals surface area contributed by atoms with Crippen LogP contribution in [0.2, 0.25) is 0 Å². The van der Waals surface area contributed by atoms with Crippen LogP contribution in [0, 0.1) is 0 Å². The summed E-state index contributed by atoms with van der Waals surface area (Å²) in [4.78, 5) is 12.1. The number of nitrogens with one attached hydrogen (secondary N) is 2. The Balaban J connectivity index is 1.72. The molecule has 24 heavy (non-hydrogen) atoms. The quantitative estimate of drug-likeness (QED) is 0.589. The molecular weight excluding hydrogens is 368 g/mol. The van der Waals surface area contributed by atoms with Gasteiger partial charge in [0.25, 0.3) is 0 Å². The van der Waals surface area contributed by atoms with Crippen molar-refractivity contribution in [1.29, 1.82) is 0 Å². The average Bonchev–Trinajstić information content (AvgIpc) is 2.58. The van der Waals surface area contributed by atoms with Crippen LogP contribution in [0.3, 0.4) is 0 Å². The van der Waals surface area contributed by atoms with Gasteiger partial charge in [-0.2, -0.15) is 0 Å². The van der Waals surface area contributed by atoms with Crippen molar-refractivity contribution < 1.29 is 9.90 Å². The number of anilines is 1. The summed E-state index contributed by atoms with van der Waals surface area (Å²) >= 11 is 3.45. The fourth-order valence-corrected chi connectivity index (χ4v) is 2.80. The minimum atomic E-state index is -0.353. The largest absolute Gasteiger partial charge is 0.507 e. The molecule has 0 saturated heterocycles. The van der Waals surface area contributed by atoms with E-state index in [9.17, 15) is 9.90 Å². The number of fused-ring (bicyclic) bond motifs is 1. The van der Waals surface area contributed by atoms with Gasteiger partial charge in [0.15, 0.2) is 0 Å². The number of carbonyl (C=O) groups is 1. The van der Waals surface area contributed by atoms with E-state index in [1.807, 2.05) is 30.3 Å². The minimum absolute atomic E-state index is 0.186. The van der Waals surface area contributed by atoms with Crippen molar-refractivity contribution in [2.24, 2.45) is 0 Å². The molecule has 0 aliphatic carbocycles. The highest BCUT2D eigenvalue weighted by molar-refractivity contribution is 9.10. The summed E-state index contributed by atoms with van der Waals surface area (Å²) < 4.78 is 0.952. The summed E-state index contributed by atoms with van der Waals surface area (Å²) in [5, 5.41) is 16.8. The van der Waals surface area contributed by atoms with E-state index in [2.05, 4.69) is 26.6 Å². The Hall–Kier alpha value is -2.79. The Bertz CT molecular complexity index is 922. The van der Waals surface area contributed by atoms with Crippen molar-refractivity contribution in [3.8, 4) is 5.75 Å². The number of hydrogen-bond acceptors (Lipinski definition) is 2. The van der Waals surface area contributed by atoms with Gasteiger partial charge in [-0.05, 0) is 29.8 Å². The van der Waals surface area contributed by atoms with Gasteiger partial charge in [0, 0.05) is 21.4 Å². The summed E-state index contributed by atoms with van der Waals surface area (Å²) in [5.41, 5.74) is 1.60. The highest BCUT2D eigenvalue weighted by atomic mass is 79.9. The fraction of sp³-hybridized carbons (Fsp3) is 0. The predicted molar refractivity (Wildman–Crippen MR) is 101 cm³/mol. The van der Waals surface area contributed by atoms with Gasteiger partial charge >= 0.3 is 6.03 Å². The van der Waals surface area contributed by atoms with Crippen LogP contribution < -0.4 is 10.6 Å². The molecule has 0 aliphatic heterocycles. The zero-order valence-electron chi connectivity index (χ0n) is 12.7. The second-order valence-electron chi connectivity index (χ2n) is 5.13. The van der Waals surface area contributed by atoms with E-state index >= 15 is 0 Å². The van der Waals surface area contributed by atoms with Crippen molar-refractivity contribution in [2.75, 3.05) is 5.32 Å². The lowest BCUT2D eigenvalue weighted by atomic mass is 10.1. The van der Waals surface area contributed by atoms with E-state index in [1.165, 1.54) is 0 Å². The topological polar surface area (TPSA) is 61.4 Å². The van der Waals surface area contributed by atoms with Gasteiger partial charge in [0.1, 0.15) is 5.75 Å². The molecule has 0 atom stereocenters. The molecule has 4 nitrogen and oxygen atoms in total. The van der Waals surface area contributed by atoms with Crippen molar-refractivity contribution in [1.82, 2.24) is 5.32 Å². The van der Waals surface area contributed by atoms with Crippen LogP contribution >= 0.6 is 15.9 Å². The maximum atomic E-state index is 12.1. The summed E-state index contributed by atoms with van der Waals surface area (Å²) in [6, 6.07) is 18.0. The number of phenolic OH excluding ortho intramolecular Hbond substituents is 1. The first-order valence-electron chi connectivity index (χ1n) is 7.34. The van der Waals surface area contributed by atoms with Gasteiger partial charge in [-0.25, -0.2) is 4.79 Å². The Morgan fingerprint density at radius 3 is 2.54 bits per heavy atom. The van der Waals surface area contributed by atoms with Gasteiger partial charge in [-0.15, -0.1) is 0 Å². The molecule has 0 unspecified atom stereocenters. The molecule has 0 radical (unpaired) electrons.